The Morgan fingerprint density at radius 2 is 1.58 bits per heavy atom. The van der Waals surface area contributed by atoms with Crippen molar-refractivity contribution in [2.24, 2.45) is 5.92 Å². The molecule has 1 amide bonds. The van der Waals surface area contributed by atoms with E-state index in [4.69, 9.17) is 4.74 Å². The standard InChI is InChI=1S/C27H37N3O6S2/c31-27(24-11-6-19-30(22-24)37(32,33)21-7-10-23-8-2-1-3-9-23)28-16-20-36-25-12-14-26(15-13-25)38(34,35)29-17-4-5-18-29/h1-3,8-9,12-15,24H,4-7,10-11,16-22H2,(H,28,31)/t24-/m1/s1. The van der Waals surface area contributed by atoms with Crippen molar-refractivity contribution in [2.45, 2.75) is 43.4 Å². The van der Waals surface area contributed by atoms with Gasteiger partial charge in [0.1, 0.15) is 12.4 Å². The number of amides is 1. The molecule has 38 heavy (non-hydrogen) atoms. The van der Waals surface area contributed by atoms with E-state index in [1.165, 1.54) is 8.61 Å². The van der Waals surface area contributed by atoms with E-state index in [2.05, 4.69) is 5.32 Å². The third-order valence-corrected chi connectivity index (χ3v) is 10.9. The van der Waals surface area contributed by atoms with Crippen molar-refractivity contribution in [1.29, 1.82) is 0 Å². The second-order valence-electron chi connectivity index (χ2n) is 9.82. The zero-order valence-corrected chi connectivity index (χ0v) is 23.3. The maximum atomic E-state index is 12.9. The number of carbonyl (C=O) groups is 1. The number of benzene rings is 2. The minimum Gasteiger partial charge on any atom is -0.492 e. The van der Waals surface area contributed by atoms with E-state index in [9.17, 15) is 21.6 Å². The summed E-state index contributed by atoms with van der Waals surface area (Å²) in [7, 11) is -6.88. The molecule has 2 heterocycles. The second-order valence-corrected chi connectivity index (χ2v) is 13.9. The molecule has 2 aliphatic rings. The van der Waals surface area contributed by atoms with Crippen LogP contribution in [-0.2, 0) is 31.3 Å². The summed E-state index contributed by atoms with van der Waals surface area (Å²) in [6.45, 7) is 2.25. The lowest BCUT2D eigenvalue weighted by Gasteiger charge is -2.31. The number of nitrogens with zero attached hydrogens (tertiary/aromatic N) is 2. The average Bonchev–Trinajstić information content (AvgIpc) is 3.48. The maximum absolute atomic E-state index is 12.9. The van der Waals surface area contributed by atoms with Crippen LogP contribution >= 0.6 is 0 Å². The van der Waals surface area contributed by atoms with Crippen LogP contribution < -0.4 is 10.1 Å². The first-order chi connectivity index (χ1) is 18.3. The Kier molecular flexibility index (Phi) is 9.80. The molecule has 0 aliphatic carbocycles. The van der Waals surface area contributed by atoms with Gasteiger partial charge in [-0.3, -0.25) is 4.79 Å². The third kappa shape index (κ3) is 7.56. The van der Waals surface area contributed by atoms with Gasteiger partial charge in [-0.2, -0.15) is 4.31 Å². The molecule has 0 radical (unpaired) electrons. The van der Waals surface area contributed by atoms with Gasteiger partial charge in [0.15, 0.2) is 0 Å². The Morgan fingerprint density at radius 1 is 0.895 bits per heavy atom. The van der Waals surface area contributed by atoms with E-state index in [0.717, 1.165) is 18.4 Å². The minimum absolute atomic E-state index is 0.0716. The normalized spacial score (nSPS) is 19.3. The van der Waals surface area contributed by atoms with Crippen LogP contribution in [0.2, 0.25) is 0 Å². The highest BCUT2D eigenvalue weighted by Crippen LogP contribution is 2.23. The summed E-state index contributed by atoms with van der Waals surface area (Å²) in [5.41, 5.74) is 1.11. The minimum atomic E-state index is -3.46. The van der Waals surface area contributed by atoms with Gasteiger partial charge in [0, 0.05) is 26.2 Å². The molecule has 1 N–H and O–H groups in total. The zero-order chi connectivity index (χ0) is 27.0. The second kappa shape index (κ2) is 13.1. The smallest absolute Gasteiger partial charge is 0.243 e. The average molecular weight is 564 g/mol. The molecule has 11 heteroatoms. The molecule has 1 atom stereocenters. The topological polar surface area (TPSA) is 113 Å². The van der Waals surface area contributed by atoms with Crippen LogP contribution in [0.3, 0.4) is 0 Å². The van der Waals surface area contributed by atoms with Crippen molar-refractivity contribution < 1.29 is 26.4 Å². The zero-order valence-electron chi connectivity index (χ0n) is 21.6. The van der Waals surface area contributed by atoms with Crippen molar-refractivity contribution >= 4 is 26.0 Å². The molecule has 4 rings (SSSR count). The number of ether oxygens (including phenoxy) is 1. The quantitative estimate of drug-likeness (QED) is 0.398. The number of nitrogens with one attached hydrogen (secondary N) is 1. The molecule has 2 aromatic carbocycles. The molecule has 0 bridgehead atoms. The van der Waals surface area contributed by atoms with Crippen molar-refractivity contribution in [3.05, 3.63) is 60.2 Å². The Bertz CT molecular complexity index is 1260. The van der Waals surface area contributed by atoms with Crippen LogP contribution in [0.5, 0.6) is 5.75 Å². The van der Waals surface area contributed by atoms with E-state index in [1.807, 2.05) is 30.3 Å². The van der Waals surface area contributed by atoms with Crippen LogP contribution in [0.4, 0.5) is 0 Å². The monoisotopic (exact) mass is 563 g/mol. The Hall–Kier alpha value is -2.47. The summed E-state index contributed by atoms with van der Waals surface area (Å²) >= 11 is 0. The lowest BCUT2D eigenvalue weighted by Crippen LogP contribution is -2.46. The van der Waals surface area contributed by atoms with Crippen LogP contribution in [-0.4, -0.2) is 76.4 Å². The molecular formula is C27H37N3O6S2. The molecule has 2 fully saturated rings. The van der Waals surface area contributed by atoms with Crippen LogP contribution in [0.1, 0.15) is 37.7 Å². The van der Waals surface area contributed by atoms with Crippen LogP contribution in [0, 0.1) is 5.92 Å². The van der Waals surface area contributed by atoms with E-state index in [1.54, 1.807) is 24.3 Å². The van der Waals surface area contributed by atoms with Gasteiger partial charge in [-0.1, -0.05) is 30.3 Å². The molecule has 2 aromatic rings. The fraction of sp³-hybridized carbons (Fsp3) is 0.519. The van der Waals surface area contributed by atoms with Crippen molar-refractivity contribution in [1.82, 2.24) is 13.9 Å². The number of aryl methyl sites for hydroxylation is 1. The lowest BCUT2D eigenvalue weighted by molar-refractivity contribution is -0.126. The fourth-order valence-corrected chi connectivity index (χ4v) is 8.01. The first kappa shape index (κ1) is 28.5. The van der Waals surface area contributed by atoms with E-state index in [-0.39, 0.29) is 42.2 Å². The first-order valence-corrected chi connectivity index (χ1v) is 16.3. The van der Waals surface area contributed by atoms with E-state index in [0.29, 0.717) is 51.1 Å². The summed E-state index contributed by atoms with van der Waals surface area (Å²) < 4.78 is 59.6. The van der Waals surface area contributed by atoms with E-state index < -0.39 is 20.0 Å². The van der Waals surface area contributed by atoms with Crippen molar-refractivity contribution in [3.8, 4) is 5.75 Å². The number of piperidine rings is 1. The lowest BCUT2D eigenvalue weighted by atomic mass is 9.99. The van der Waals surface area contributed by atoms with Gasteiger partial charge in [-0.15, -0.1) is 0 Å². The Morgan fingerprint density at radius 3 is 2.29 bits per heavy atom. The molecule has 0 spiro atoms. The molecule has 9 nitrogen and oxygen atoms in total. The number of rotatable bonds is 12. The Labute approximate surface area is 226 Å². The van der Waals surface area contributed by atoms with Gasteiger partial charge in [0.05, 0.1) is 23.1 Å². The summed E-state index contributed by atoms with van der Waals surface area (Å²) in [5.74, 6) is 0.0278. The van der Waals surface area contributed by atoms with Gasteiger partial charge >= 0.3 is 0 Å². The third-order valence-electron chi connectivity index (χ3n) is 7.06. The predicted octanol–water partition coefficient (Wildman–Crippen LogP) is 2.64. The van der Waals surface area contributed by atoms with Gasteiger partial charge in [-0.05, 0) is 68.4 Å². The first-order valence-electron chi connectivity index (χ1n) is 13.3. The van der Waals surface area contributed by atoms with Crippen molar-refractivity contribution in [3.63, 3.8) is 0 Å². The van der Waals surface area contributed by atoms with Crippen LogP contribution in [0.25, 0.3) is 0 Å². The highest BCUT2D eigenvalue weighted by atomic mass is 32.2. The van der Waals surface area contributed by atoms with Gasteiger partial charge < -0.3 is 10.1 Å². The highest BCUT2D eigenvalue weighted by molar-refractivity contribution is 7.89. The number of sulfonamides is 2. The Balaban J connectivity index is 1.18. The SMILES string of the molecule is O=C(NCCOc1ccc(S(=O)(=O)N2CCCC2)cc1)[C@@H]1CCCN(S(=O)(=O)CCCc2ccccc2)C1. The summed E-state index contributed by atoms with van der Waals surface area (Å²) in [4.78, 5) is 12.9. The summed E-state index contributed by atoms with van der Waals surface area (Å²) in [6, 6.07) is 16.1. The highest BCUT2D eigenvalue weighted by Gasteiger charge is 2.32. The number of hydrogen-bond acceptors (Lipinski definition) is 6. The molecule has 0 unspecified atom stereocenters. The predicted molar refractivity (Wildman–Crippen MR) is 146 cm³/mol. The number of carbonyl (C=O) groups excluding carboxylic acids is 1. The van der Waals surface area contributed by atoms with Gasteiger partial charge in [0.2, 0.25) is 26.0 Å². The van der Waals surface area contributed by atoms with Gasteiger partial charge in [-0.25, -0.2) is 21.1 Å². The molecule has 208 valence electrons. The van der Waals surface area contributed by atoms with Gasteiger partial charge in [0.25, 0.3) is 0 Å². The molecular weight excluding hydrogens is 526 g/mol. The largest absolute Gasteiger partial charge is 0.492 e. The fourth-order valence-electron chi connectivity index (χ4n) is 4.91. The molecule has 0 saturated carbocycles. The van der Waals surface area contributed by atoms with Crippen LogP contribution in [0.15, 0.2) is 59.5 Å². The van der Waals surface area contributed by atoms with E-state index >= 15 is 0 Å². The van der Waals surface area contributed by atoms with Crippen molar-refractivity contribution in [2.75, 3.05) is 45.1 Å². The molecule has 2 saturated heterocycles. The maximum Gasteiger partial charge on any atom is 0.243 e. The molecule has 0 aromatic heterocycles. The summed E-state index contributed by atoms with van der Waals surface area (Å²) in [5, 5.41) is 2.84. The number of hydrogen-bond donors (Lipinski definition) is 1. The summed E-state index contributed by atoms with van der Waals surface area (Å²) in [6.07, 6.45) is 4.32. The molecule has 2 aliphatic heterocycles.